The number of carbonyl (C=O) groups is 2. The van der Waals surface area contributed by atoms with Crippen molar-refractivity contribution in [1.82, 2.24) is 4.57 Å². The topological polar surface area (TPSA) is 60.7 Å². The summed E-state index contributed by atoms with van der Waals surface area (Å²) in [5, 5.41) is 0. The molecule has 2 aromatic carbocycles. The van der Waals surface area contributed by atoms with Crippen LogP contribution in [0.5, 0.6) is 0 Å². The van der Waals surface area contributed by atoms with E-state index in [0.29, 0.717) is 29.1 Å². The first-order valence-electron chi connectivity index (χ1n) is 8.29. The summed E-state index contributed by atoms with van der Waals surface area (Å²) in [6, 6.07) is 12.4. The lowest BCUT2D eigenvalue weighted by molar-refractivity contribution is 0.0526. The molecule has 0 unspecified atom stereocenters. The number of esters is 1. The number of thiazole rings is 1. The number of hydrogen-bond donors (Lipinski definition) is 0. The summed E-state index contributed by atoms with van der Waals surface area (Å²) in [6.07, 6.45) is 1.74. The van der Waals surface area contributed by atoms with Gasteiger partial charge in [0.25, 0.3) is 5.91 Å². The Bertz CT molecular complexity index is 1100. The maximum absolute atomic E-state index is 12.6. The molecule has 0 bridgehead atoms. The van der Waals surface area contributed by atoms with Gasteiger partial charge in [-0.1, -0.05) is 39.4 Å². The first kappa shape index (κ1) is 19.3. The van der Waals surface area contributed by atoms with Gasteiger partial charge in [-0.2, -0.15) is 4.99 Å². The van der Waals surface area contributed by atoms with Gasteiger partial charge in [-0.3, -0.25) is 4.79 Å². The van der Waals surface area contributed by atoms with Gasteiger partial charge in [-0.05, 0) is 43.3 Å². The second kappa shape index (κ2) is 8.45. The summed E-state index contributed by atoms with van der Waals surface area (Å²) in [4.78, 5) is 29.4. The van der Waals surface area contributed by atoms with Crippen LogP contribution in [0.4, 0.5) is 0 Å². The van der Waals surface area contributed by atoms with Crippen LogP contribution in [0, 0.1) is 0 Å². The van der Waals surface area contributed by atoms with Crippen LogP contribution in [-0.2, 0) is 11.3 Å². The van der Waals surface area contributed by atoms with E-state index in [1.807, 2.05) is 16.7 Å². The Morgan fingerprint density at radius 3 is 2.78 bits per heavy atom. The molecule has 5 nitrogen and oxygen atoms in total. The minimum atomic E-state index is -0.369. The third-order valence-electron chi connectivity index (χ3n) is 3.77. The number of fused-ring (bicyclic) bond motifs is 1. The van der Waals surface area contributed by atoms with Gasteiger partial charge in [0.15, 0.2) is 4.80 Å². The smallest absolute Gasteiger partial charge is 0.338 e. The number of nitrogens with zero attached hydrogens (tertiary/aromatic N) is 2. The Morgan fingerprint density at radius 1 is 1.26 bits per heavy atom. The van der Waals surface area contributed by atoms with Crippen LogP contribution in [0.15, 0.2) is 64.6 Å². The lowest BCUT2D eigenvalue weighted by Crippen LogP contribution is -2.16. The van der Waals surface area contributed by atoms with Gasteiger partial charge in [-0.15, -0.1) is 6.58 Å². The summed E-state index contributed by atoms with van der Waals surface area (Å²) in [6.45, 7) is 6.37. The molecule has 0 aliphatic rings. The van der Waals surface area contributed by atoms with Gasteiger partial charge >= 0.3 is 5.97 Å². The van der Waals surface area contributed by atoms with E-state index >= 15 is 0 Å². The molecule has 27 heavy (non-hydrogen) atoms. The summed E-state index contributed by atoms with van der Waals surface area (Å²) in [5.41, 5.74) is 1.86. The number of carbonyl (C=O) groups excluding carboxylic acids is 2. The maximum Gasteiger partial charge on any atom is 0.338 e. The largest absolute Gasteiger partial charge is 0.462 e. The molecule has 3 aromatic rings. The fourth-order valence-electron chi connectivity index (χ4n) is 2.58. The average molecular weight is 445 g/mol. The lowest BCUT2D eigenvalue weighted by Gasteiger charge is -2.03. The first-order chi connectivity index (χ1) is 13.0. The number of benzene rings is 2. The fourth-order valence-corrected chi connectivity index (χ4v) is 4.05. The Morgan fingerprint density at radius 2 is 2.07 bits per heavy atom. The number of hydrogen-bond acceptors (Lipinski definition) is 4. The SMILES string of the molecule is C=CCn1c(=NC(=O)c2cccc(Br)c2)sc2cc(C(=O)OCC)ccc21. The molecule has 0 atom stereocenters. The monoisotopic (exact) mass is 444 g/mol. The second-order valence-corrected chi connectivity index (χ2v) is 7.54. The van der Waals surface area contributed by atoms with Gasteiger partial charge in [-0.25, -0.2) is 4.79 Å². The standard InChI is InChI=1S/C20H17BrN2O3S/c1-3-10-23-16-9-8-14(19(25)26-4-2)12-17(16)27-20(23)22-18(24)13-6-5-7-15(21)11-13/h3,5-9,11-12H,1,4,10H2,2H3. The highest BCUT2D eigenvalue weighted by Crippen LogP contribution is 2.20. The van der Waals surface area contributed by atoms with Crippen LogP contribution < -0.4 is 4.80 Å². The third kappa shape index (κ3) is 4.26. The molecule has 0 spiro atoms. The number of ether oxygens (including phenoxy) is 1. The molecule has 0 aliphatic carbocycles. The molecule has 0 saturated carbocycles. The molecule has 0 aliphatic heterocycles. The summed E-state index contributed by atoms with van der Waals surface area (Å²) in [5.74, 6) is -0.696. The number of halogens is 1. The van der Waals surface area contributed by atoms with Crippen LogP contribution in [0.2, 0.25) is 0 Å². The summed E-state index contributed by atoms with van der Waals surface area (Å²) >= 11 is 4.71. The maximum atomic E-state index is 12.6. The van der Waals surface area contributed by atoms with Crippen LogP contribution in [-0.4, -0.2) is 23.1 Å². The first-order valence-corrected chi connectivity index (χ1v) is 9.90. The molecule has 0 N–H and O–H groups in total. The molecule has 7 heteroatoms. The van der Waals surface area contributed by atoms with E-state index in [2.05, 4.69) is 27.5 Å². The molecule has 138 valence electrons. The Hall–Kier alpha value is -2.51. The van der Waals surface area contributed by atoms with Crippen molar-refractivity contribution in [2.24, 2.45) is 4.99 Å². The van der Waals surface area contributed by atoms with Crippen molar-refractivity contribution in [3.8, 4) is 0 Å². The van der Waals surface area contributed by atoms with Gasteiger partial charge in [0.1, 0.15) is 0 Å². The van der Waals surface area contributed by atoms with Crippen molar-refractivity contribution in [2.75, 3.05) is 6.61 Å². The highest BCUT2D eigenvalue weighted by Gasteiger charge is 2.12. The number of rotatable bonds is 5. The molecule has 0 fully saturated rings. The predicted molar refractivity (Wildman–Crippen MR) is 110 cm³/mol. The minimum absolute atomic E-state index is 0.319. The number of amides is 1. The Balaban J connectivity index is 2.10. The Labute approximate surface area is 168 Å². The highest BCUT2D eigenvalue weighted by molar-refractivity contribution is 9.10. The summed E-state index contributed by atoms with van der Waals surface area (Å²) in [7, 11) is 0. The molecule has 1 amide bonds. The van der Waals surface area contributed by atoms with E-state index in [1.54, 1.807) is 43.3 Å². The average Bonchev–Trinajstić information content (AvgIpc) is 2.98. The van der Waals surface area contributed by atoms with Crippen molar-refractivity contribution in [3.05, 3.63) is 75.5 Å². The molecular formula is C20H17BrN2O3S. The predicted octanol–water partition coefficient (Wildman–Crippen LogP) is 4.57. The highest BCUT2D eigenvalue weighted by atomic mass is 79.9. The minimum Gasteiger partial charge on any atom is -0.462 e. The van der Waals surface area contributed by atoms with Gasteiger partial charge < -0.3 is 9.30 Å². The van der Waals surface area contributed by atoms with E-state index in [-0.39, 0.29) is 11.9 Å². The van der Waals surface area contributed by atoms with E-state index in [4.69, 9.17) is 4.74 Å². The zero-order chi connectivity index (χ0) is 19.4. The van der Waals surface area contributed by atoms with Gasteiger partial charge in [0.2, 0.25) is 0 Å². The second-order valence-electron chi connectivity index (χ2n) is 5.61. The van der Waals surface area contributed by atoms with E-state index in [9.17, 15) is 9.59 Å². The molecule has 0 radical (unpaired) electrons. The van der Waals surface area contributed by atoms with Crippen molar-refractivity contribution in [2.45, 2.75) is 13.5 Å². The van der Waals surface area contributed by atoms with Crippen LogP contribution in [0.1, 0.15) is 27.6 Å². The van der Waals surface area contributed by atoms with Crippen molar-refractivity contribution < 1.29 is 14.3 Å². The van der Waals surface area contributed by atoms with Crippen LogP contribution >= 0.6 is 27.3 Å². The summed E-state index contributed by atoms with van der Waals surface area (Å²) < 4.78 is 8.62. The van der Waals surface area contributed by atoms with Crippen LogP contribution in [0.3, 0.4) is 0 Å². The zero-order valence-electron chi connectivity index (χ0n) is 14.6. The molecule has 1 heterocycles. The van der Waals surface area contributed by atoms with Crippen LogP contribution in [0.25, 0.3) is 10.2 Å². The van der Waals surface area contributed by atoms with Crippen molar-refractivity contribution >= 4 is 49.4 Å². The molecule has 1 aromatic heterocycles. The number of aromatic nitrogens is 1. The zero-order valence-corrected chi connectivity index (χ0v) is 17.0. The number of allylic oxidation sites excluding steroid dienone is 1. The van der Waals surface area contributed by atoms with Gasteiger partial charge in [0.05, 0.1) is 22.4 Å². The lowest BCUT2D eigenvalue weighted by atomic mass is 10.2. The molecular weight excluding hydrogens is 428 g/mol. The van der Waals surface area contributed by atoms with Gasteiger partial charge in [0, 0.05) is 16.6 Å². The van der Waals surface area contributed by atoms with E-state index in [1.165, 1.54) is 11.3 Å². The molecule has 3 rings (SSSR count). The normalized spacial score (nSPS) is 11.6. The van der Waals surface area contributed by atoms with E-state index in [0.717, 1.165) is 14.7 Å². The van der Waals surface area contributed by atoms with Crippen molar-refractivity contribution in [1.29, 1.82) is 0 Å². The quantitative estimate of drug-likeness (QED) is 0.427. The fraction of sp³-hybridized carbons (Fsp3) is 0.150. The Kier molecular flexibility index (Phi) is 6.03. The van der Waals surface area contributed by atoms with Crippen molar-refractivity contribution in [3.63, 3.8) is 0 Å². The third-order valence-corrected chi connectivity index (χ3v) is 5.31. The molecule has 0 saturated heterocycles. The van der Waals surface area contributed by atoms with E-state index < -0.39 is 0 Å².